The van der Waals surface area contributed by atoms with Crippen LogP contribution in [0.5, 0.6) is 5.75 Å². The molecule has 1 aromatic heterocycles. The molecule has 0 spiro atoms. The molecule has 1 saturated carbocycles. The number of ketones is 1. The first-order valence-corrected chi connectivity index (χ1v) is 9.50. The van der Waals surface area contributed by atoms with Crippen LogP contribution in [-0.2, 0) is 16.1 Å². The maximum atomic E-state index is 12.6. The van der Waals surface area contributed by atoms with Gasteiger partial charge in [-0.1, -0.05) is 12.1 Å². The fourth-order valence-corrected chi connectivity index (χ4v) is 3.45. The third kappa shape index (κ3) is 4.95. The Morgan fingerprint density at radius 2 is 1.74 bits per heavy atom. The largest absolute Gasteiger partial charge is 0.497 e. The Hall–Kier alpha value is -2.67. The Labute approximate surface area is 161 Å². The molecule has 6 nitrogen and oxygen atoms in total. The maximum Gasteiger partial charge on any atom is 0.348 e. The summed E-state index contributed by atoms with van der Waals surface area (Å²) in [6.07, 6.45) is 1.92. The average Bonchev–Trinajstić information content (AvgIpc) is 3.38. The fourth-order valence-electron chi connectivity index (χ4n) is 2.65. The predicted octanol–water partition coefficient (Wildman–Crippen LogP) is 3.31. The highest BCUT2D eigenvalue weighted by Crippen LogP contribution is 2.29. The standard InChI is InChI=1S/C20H21NO5S/c1-13(22)17-9-10-18(27-17)20(24)26-12-19(23)21(15-5-6-15)11-14-3-7-16(25-2)8-4-14/h3-4,7-10,15H,5-6,11-12H2,1-2H3. The summed E-state index contributed by atoms with van der Waals surface area (Å²) in [5.74, 6) is -0.140. The first kappa shape index (κ1) is 19.1. The minimum atomic E-state index is -0.582. The van der Waals surface area contributed by atoms with Crippen LogP contribution in [0, 0.1) is 0 Å². The molecule has 1 aliphatic rings. The molecule has 1 heterocycles. The maximum absolute atomic E-state index is 12.6. The Kier molecular flexibility index (Phi) is 5.91. The van der Waals surface area contributed by atoms with Gasteiger partial charge in [-0.05, 0) is 49.6 Å². The summed E-state index contributed by atoms with van der Waals surface area (Å²) in [5, 5.41) is 0. The molecule has 3 rings (SSSR count). The topological polar surface area (TPSA) is 72.9 Å². The number of Topliss-reactive ketones (excluding diaryl/α,β-unsaturated/α-hetero) is 1. The van der Waals surface area contributed by atoms with E-state index in [1.807, 2.05) is 24.3 Å². The van der Waals surface area contributed by atoms with Gasteiger partial charge in [0.1, 0.15) is 10.6 Å². The van der Waals surface area contributed by atoms with Gasteiger partial charge in [0.05, 0.1) is 12.0 Å². The van der Waals surface area contributed by atoms with E-state index in [1.165, 1.54) is 6.92 Å². The van der Waals surface area contributed by atoms with Gasteiger partial charge in [-0.3, -0.25) is 9.59 Å². The van der Waals surface area contributed by atoms with E-state index in [0.29, 0.717) is 16.3 Å². The number of carbonyl (C=O) groups excluding carboxylic acids is 3. The quantitative estimate of drug-likeness (QED) is 0.513. The van der Waals surface area contributed by atoms with Crippen molar-refractivity contribution in [2.75, 3.05) is 13.7 Å². The highest BCUT2D eigenvalue weighted by atomic mass is 32.1. The normalized spacial score (nSPS) is 13.1. The van der Waals surface area contributed by atoms with E-state index in [-0.39, 0.29) is 24.3 Å². The first-order valence-electron chi connectivity index (χ1n) is 8.68. The van der Waals surface area contributed by atoms with Gasteiger partial charge in [0.15, 0.2) is 12.4 Å². The fraction of sp³-hybridized carbons (Fsp3) is 0.350. The summed E-state index contributed by atoms with van der Waals surface area (Å²) in [5.41, 5.74) is 0.992. The lowest BCUT2D eigenvalue weighted by atomic mass is 10.2. The summed E-state index contributed by atoms with van der Waals surface area (Å²) >= 11 is 1.07. The molecule has 7 heteroatoms. The third-order valence-electron chi connectivity index (χ3n) is 4.30. The lowest BCUT2D eigenvalue weighted by Gasteiger charge is -2.22. The highest BCUT2D eigenvalue weighted by Gasteiger charge is 2.33. The molecule has 0 N–H and O–H groups in total. The van der Waals surface area contributed by atoms with Crippen molar-refractivity contribution >= 4 is 29.0 Å². The van der Waals surface area contributed by atoms with Crippen molar-refractivity contribution in [1.29, 1.82) is 0 Å². The number of thiophene rings is 1. The second kappa shape index (κ2) is 8.35. The van der Waals surface area contributed by atoms with Crippen molar-refractivity contribution in [3.8, 4) is 5.75 Å². The predicted molar refractivity (Wildman–Crippen MR) is 101 cm³/mol. The summed E-state index contributed by atoms with van der Waals surface area (Å²) in [4.78, 5) is 38.6. The Morgan fingerprint density at radius 3 is 2.30 bits per heavy atom. The van der Waals surface area contributed by atoms with Crippen LogP contribution in [0.1, 0.15) is 44.7 Å². The minimum absolute atomic E-state index is 0.102. The van der Waals surface area contributed by atoms with Crippen LogP contribution in [0.3, 0.4) is 0 Å². The molecule has 0 radical (unpaired) electrons. The van der Waals surface area contributed by atoms with Gasteiger partial charge in [-0.25, -0.2) is 4.79 Å². The molecular formula is C20H21NO5S. The van der Waals surface area contributed by atoms with Crippen LogP contribution in [-0.4, -0.2) is 42.3 Å². The summed E-state index contributed by atoms with van der Waals surface area (Å²) in [7, 11) is 1.61. The summed E-state index contributed by atoms with van der Waals surface area (Å²) in [6, 6.07) is 10.9. The van der Waals surface area contributed by atoms with Crippen LogP contribution in [0.2, 0.25) is 0 Å². The number of nitrogens with zero attached hydrogens (tertiary/aromatic N) is 1. The van der Waals surface area contributed by atoms with Crippen molar-refractivity contribution < 1.29 is 23.9 Å². The van der Waals surface area contributed by atoms with Crippen LogP contribution >= 0.6 is 11.3 Å². The van der Waals surface area contributed by atoms with Gasteiger partial charge < -0.3 is 14.4 Å². The number of hydrogen-bond donors (Lipinski definition) is 0. The van der Waals surface area contributed by atoms with Crippen molar-refractivity contribution in [3.05, 3.63) is 51.7 Å². The van der Waals surface area contributed by atoms with E-state index in [9.17, 15) is 14.4 Å². The number of amides is 1. The molecule has 1 fully saturated rings. The van der Waals surface area contributed by atoms with Crippen LogP contribution in [0.4, 0.5) is 0 Å². The summed E-state index contributed by atoms with van der Waals surface area (Å²) < 4.78 is 10.3. The molecule has 27 heavy (non-hydrogen) atoms. The van der Waals surface area contributed by atoms with Crippen molar-refractivity contribution in [3.63, 3.8) is 0 Å². The number of carbonyl (C=O) groups is 3. The SMILES string of the molecule is COc1ccc(CN(C(=O)COC(=O)c2ccc(C(C)=O)s2)C2CC2)cc1. The molecule has 0 aliphatic heterocycles. The van der Waals surface area contributed by atoms with Crippen LogP contribution < -0.4 is 4.74 Å². The molecule has 1 aromatic carbocycles. The second-order valence-corrected chi connectivity index (χ2v) is 7.48. The number of hydrogen-bond acceptors (Lipinski definition) is 6. The summed E-state index contributed by atoms with van der Waals surface area (Å²) in [6.45, 7) is 1.61. The zero-order valence-corrected chi connectivity index (χ0v) is 16.1. The molecule has 0 unspecified atom stereocenters. The smallest absolute Gasteiger partial charge is 0.348 e. The molecule has 0 saturated heterocycles. The lowest BCUT2D eigenvalue weighted by Crippen LogP contribution is -2.36. The monoisotopic (exact) mass is 387 g/mol. The second-order valence-electron chi connectivity index (χ2n) is 6.40. The highest BCUT2D eigenvalue weighted by molar-refractivity contribution is 7.15. The number of rotatable bonds is 8. The molecule has 0 atom stereocenters. The zero-order chi connectivity index (χ0) is 19.4. The van der Waals surface area contributed by atoms with Crippen LogP contribution in [0.25, 0.3) is 0 Å². The Morgan fingerprint density at radius 1 is 1.07 bits per heavy atom. The average molecular weight is 387 g/mol. The van der Waals surface area contributed by atoms with E-state index in [1.54, 1.807) is 24.1 Å². The Bertz CT molecular complexity index is 838. The number of benzene rings is 1. The number of ether oxygens (including phenoxy) is 2. The number of methoxy groups -OCH3 is 1. The Balaban J connectivity index is 1.58. The van der Waals surface area contributed by atoms with Crippen LogP contribution in [0.15, 0.2) is 36.4 Å². The van der Waals surface area contributed by atoms with E-state index in [2.05, 4.69) is 0 Å². The lowest BCUT2D eigenvalue weighted by molar-refractivity contribution is -0.135. The van der Waals surface area contributed by atoms with Gasteiger partial charge in [0, 0.05) is 12.6 Å². The first-order chi connectivity index (χ1) is 13.0. The van der Waals surface area contributed by atoms with Crippen molar-refractivity contribution in [1.82, 2.24) is 4.90 Å². The van der Waals surface area contributed by atoms with E-state index >= 15 is 0 Å². The van der Waals surface area contributed by atoms with Gasteiger partial charge in [0.2, 0.25) is 0 Å². The third-order valence-corrected chi connectivity index (χ3v) is 5.47. The van der Waals surface area contributed by atoms with Crippen molar-refractivity contribution in [2.45, 2.75) is 32.4 Å². The van der Waals surface area contributed by atoms with Gasteiger partial charge in [-0.15, -0.1) is 11.3 Å². The van der Waals surface area contributed by atoms with Gasteiger partial charge in [-0.2, -0.15) is 0 Å². The molecule has 1 aliphatic carbocycles. The minimum Gasteiger partial charge on any atom is -0.497 e. The van der Waals surface area contributed by atoms with E-state index in [0.717, 1.165) is 35.5 Å². The molecular weight excluding hydrogens is 366 g/mol. The van der Waals surface area contributed by atoms with Gasteiger partial charge in [0.25, 0.3) is 5.91 Å². The molecule has 2 aromatic rings. The van der Waals surface area contributed by atoms with E-state index in [4.69, 9.17) is 9.47 Å². The molecule has 0 bridgehead atoms. The number of esters is 1. The van der Waals surface area contributed by atoms with E-state index < -0.39 is 5.97 Å². The molecule has 1 amide bonds. The zero-order valence-electron chi connectivity index (χ0n) is 15.3. The van der Waals surface area contributed by atoms with Gasteiger partial charge >= 0.3 is 5.97 Å². The molecule has 142 valence electrons. The van der Waals surface area contributed by atoms with Crippen molar-refractivity contribution in [2.24, 2.45) is 0 Å².